The maximum Gasteiger partial charge on any atom is 0.0589 e. The van der Waals surface area contributed by atoms with Gasteiger partial charge in [0.2, 0.25) is 0 Å². The molecule has 1 N–H and O–H groups in total. The molecular weight excluding hydrogens is 707 g/mol. The third-order valence-corrected chi connectivity index (χ3v) is 20.9. The molecule has 0 saturated carbocycles. The number of hydrogen-bond donors (Lipinski definition) is 1. The van der Waals surface area contributed by atoms with Gasteiger partial charge in [0, 0.05) is 36.7 Å². The molecule has 0 aliphatic carbocycles. The summed E-state index contributed by atoms with van der Waals surface area (Å²) in [6.45, 7) is 9.90. The van der Waals surface area contributed by atoms with Crippen LogP contribution in [-0.2, 0) is 4.43 Å². The van der Waals surface area contributed by atoms with Crippen LogP contribution in [-0.4, -0.2) is 43.6 Å². The molecule has 0 spiro atoms. The first-order valence-corrected chi connectivity index (χ1v) is 17.1. The SMILES string of the molecule is CC(C)(C)[IH](C)(Cc1ccccc1)c1ccccc1.OC[C@]12C[CH-]CN1CCC2.[U]. The van der Waals surface area contributed by atoms with Gasteiger partial charge in [0.1, 0.15) is 0 Å². The standard InChI is InChI=1S/C18H25I.C8H14NO.U/c1-18(2,3)19(4,17-13-9-6-10-14-17)15-16-11-7-5-8-12-16;10-7-8-3-1-5-9(8)6-2-4-8;/h5-14,19H,15H2,1-4H3;1,10H,2-7H2;/q;-1;/t;8-;/m.1./s1. The molecule has 0 amide bonds. The molecular formula is C26H39INOU-. The number of rotatable bonds is 4. The normalized spacial score (nSPS) is 21.9. The maximum atomic E-state index is 9.17. The zero-order valence-electron chi connectivity index (χ0n) is 19.1. The van der Waals surface area contributed by atoms with Gasteiger partial charge in [0.15, 0.2) is 0 Å². The molecule has 30 heavy (non-hydrogen) atoms. The topological polar surface area (TPSA) is 23.5 Å². The van der Waals surface area contributed by atoms with Gasteiger partial charge in [0.25, 0.3) is 0 Å². The molecule has 1 atom stereocenters. The Bertz CT molecular complexity index is 752. The van der Waals surface area contributed by atoms with Crippen molar-refractivity contribution in [1.29, 1.82) is 0 Å². The maximum absolute atomic E-state index is 9.17. The van der Waals surface area contributed by atoms with E-state index in [0.29, 0.717) is 10.0 Å². The number of hydrogen-bond acceptors (Lipinski definition) is 2. The summed E-state index contributed by atoms with van der Waals surface area (Å²) in [7, 11) is 0. The van der Waals surface area contributed by atoms with Crippen LogP contribution in [0, 0.1) is 41.1 Å². The summed E-state index contributed by atoms with van der Waals surface area (Å²) in [5.41, 5.74) is 1.67. The molecule has 0 bridgehead atoms. The van der Waals surface area contributed by atoms with Crippen molar-refractivity contribution in [3.8, 4) is 0 Å². The van der Waals surface area contributed by atoms with E-state index in [4.69, 9.17) is 5.11 Å². The fraction of sp³-hybridized carbons (Fsp3) is 0.500. The third kappa shape index (κ3) is 5.93. The van der Waals surface area contributed by atoms with Crippen LogP contribution in [0.5, 0.6) is 0 Å². The minimum Gasteiger partial charge on any atom is -0.395 e. The fourth-order valence-corrected chi connectivity index (χ4v) is 12.9. The van der Waals surface area contributed by atoms with Crippen LogP contribution >= 0.6 is 18.4 Å². The number of halogens is 1. The molecule has 4 rings (SSSR count). The first-order chi connectivity index (χ1) is 13.8. The minimum absolute atomic E-state index is 0. The average Bonchev–Trinajstić information content (AvgIpc) is 3.29. The van der Waals surface area contributed by atoms with Crippen molar-refractivity contribution in [3.63, 3.8) is 0 Å². The minimum atomic E-state index is -2.19. The first kappa shape index (κ1) is 26.4. The molecule has 2 aliphatic heterocycles. The van der Waals surface area contributed by atoms with E-state index in [9.17, 15) is 0 Å². The van der Waals surface area contributed by atoms with Crippen molar-refractivity contribution < 1.29 is 36.2 Å². The second kappa shape index (κ2) is 11.3. The largest absolute Gasteiger partial charge is 0.395 e. The second-order valence-electron chi connectivity index (χ2n) is 9.57. The predicted molar refractivity (Wildman–Crippen MR) is 136 cm³/mol. The smallest absolute Gasteiger partial charge is 0.0589 e. The van der Waals surface area contributed by atoms with Crippen LogP contribution in [0.3, 0.4) is 0 Å². The summed E-state index contributed by atoms with van der Waals surface area (Å²) in [5.74, 6) is 0. The molecule has 166 valence electrons. The summed E-state index contributed by atoms with van der Waals surface area (Å²) < 4.78 is 3.28. The van der Waals surface area contributed by atoms with Gasteiger partial charge in [-0.2, -0.15) is 6.42 Å². The Balaban J connectivity index is 0.000000245. The Morgan fingerprint density at radius 1 is 1.03 bits per heavy atom. The Labute approximate surface area is 212 Å². The molecule has 2 aliphatic rings. The van der Waals surface area contributed by atoms with E-state index in [-0.39, 0.29) is 36.7 Å². The quantitative estimate of drug-likeness (QED) is 0.248. The number of benzene rings is 2. The average molecular weight is 747 g/mol. The van der Waals surface area contributed by atoms with Crippen LogP contribution in [0.1, 0.15) is 45.6 Å². The van der Waals surface area contributed by atoms with Crippen LogP contribution in [0.25, 0.3) is 0 Å². The Hall–Kier alpha value is 0.142. The van der Waals surface area contributed by atoms with Crippen molar-refractivity contribution in [2.75, 3.05) is 24.6 Å². The number of nitrogens with zero attached hydrogens (tertiary/aromatic N) is 1. The molecule has 2 aromatic carbocycles. The van der Waals surface area contributed by atoms with Crippen LogP contribution in [0.2, 0.25) is 0 Å². The van der Waals surface area contributed by atoms with Gasteiger partial charge < -0.3 is 16.4 Å². The van der Waals surface area contributed by atoms with Crippen LogP contribution < -0.4 is 0 Å². The molecule has 0 unspecified atom stereocenters. The van der Waals surface area contributed by atoms with Crippen molar-refractivity contribution in [2.24, 2.45) is 0 Å². The second-order valence-corrected chi connectivity index (χ2v) is 21.4. The van der Waals surface area contributed by atoms with Gasteiger partial charge in [-0.3, -0.25) is 0 Å². The van der Waals surface area contributed by atoms with E-state index in [1.165, 1.54) is 29.4 Å². The monoisotopic (exact) mass is 746 g/mol. The molecule has 0 radical (unpaired) electrons. The van der Waals surface area contributed by atoms with E-state index in [1.807, 2.05) is 0 Å². The molecule has 2 nitrogen and oxygen atoms in total. The summed E-state index contributed by atoms with van der Waals surface area (Å²) in [5, 5.41) is 9.17. The summed E-state index contributed by atoms with van der Waals surface area (Å²) in [6.07, 6.45) is 5.85. The van der Waals surface area contributed by atoms with E-state index >= 15 is 0 Å². The van der Waals surface area contributed by atoms with Crippen LogP contribution in [0.15, 0.2) is 60.7 Å². The van der Waals surface area contributed by atoms with Crippen molar-refractivity contribution in [2.45, 2.75) is 53.4 Å². The van der Waals surface area contributed by atoms with E-state index in [0.717, 1.165) is 13.0 Å². The number of alkyl halides is 3. The van der Waals surface area contributed by atoms with E-state index in [1.54, 1.807) is 3.57 Å². The molecule has 2 heterocycles. The summed E-state index contributed by atoms with van der Waals surface area (Å²) in [6, 6.07) is 22.2. The number of aliphatic hydroxyl groups is 1. The molecule has 4 heteroatoms. The molecule has 0 aromatic heterocycles. The van der Waals surface area contributed by atoms with Crippen molar-refractivity contribution in [1.82, 2.24) is 4.90 Å². The predicted octanol–water partition coefficient (Wildman–Crippen LogP) is 5.68. The zero-order valence-corrected chi connectivity index (χ0v) is 25.6. The Morgan fingerprint density at radius 3 is 2.17 bits per heavy atom. The van der Waals surface area contributed by atoms with Crippen molar-refractivity contribution in [3.05, 3.63) is 76.2 Å². The Kier molecular flexibility index (Phi) is 9.96. The zero-order chi connectivity index (χ0) is 21.0. The van der Waals surface area contributed by atoms with Gasteiger partial charge in [-0.25, -0.2) is 0 Å². The summed E-state index contributed by atoms with van der Waals surface area (Å²) in [4.78, 5) is 4.98. The van der Waals surface area contributed by atoms with Gasteiger partial charge in [-0.1, -0.05) is 0 Å². The van der Waals surface area contributed by atoms with Gasteiger partial charge in [-0.15, -0.1) is 6.54 Å². The van der Waals surface area contributed by atoms with Crippen molar-refractivity contribution >= 4 is 18.4 Å². The van der Waals surface area contributed by atoms with E-state index < -0.39 is 18.4 Å². The molecule has 2 saturated heterocycles. The first-order valence-electron chi connectivity index (χ1n) is 10.8. The molecule has 2 aromatic rings. The fourth-order valence-electron chi connectivity index (χ4n) is 4.52. The van der Waals surface area contributed by atoms with Gasteiger partial charge >= 0.3 is 122 Å². The van der Waals surface area contributed by atoms with E-state index in [2.05, 4.69) is 97.7 Å². The summed E-state index contributed by atoms with van der Waals surface area (Å²) >= 11 is -2.19. The number of fused-ring (bicyclic) bond motifs is 1. The van der Waals surface area contributed by atoms with Gasteiger partial charge in [0.05, 0.1) is 6.61 Å². The Morgan fingerprint density at radius 2 is 1.63 bits per heavy atom. The number of aliphatic hydroxyl groups excluding tert-OH is 1. The van der Waals surface area contributed by atoms with Gasteiger partial charge in [-0.05, 0) is 19.4 Å². The molecule has 2 fully saturated rings. The third-order valence-electron chi connectivity index (χ3n) is 6.82. The van der Waals surface area contributed by atoms with Crippen LogP contribution in [0.4, 0.5) is 0 Å².